The largest absolute Gasteiger partial charge is 0.335 e. The van der Waals surface area contributed by atoms with Gasteiger partial charge in [-0.2, -0.15) is 11.3 Å². The maximum Gasteiger partial charge on any atom is 0.321 e. The molecule has 0 fully saturated rings. The first-order valence-corrected chi connectivity index (χ1v) is 6.63. The summed E-state index contributed by atoms with van der Waals surface area (Å²) in [7, 11) is 0. The van der Waals surface area contributed by atoms with Crippen molar-refractivity contribution in [1.82, 2.24) is 10.6 Å². The Balaban J connectivity index is 2.33. The van der Waals surface area contributed by atoms with Gasteiger partial charge in [0.15, 0.2) is 0 Å². The summed E-state index contributed by atoms with van der Waals surface area (Å²) in [4.78, 5) is 22.5. The fourth-order valence-electron chi connectivity index (χ4n) is 1.28. The third-order valence-electron chi connectivity index (χ3n) is 2.10. The Kier molecular flexibility index (Phi) is 5.44. The van der Waals surface area contributed by atoms with Crippen LogP contribution in [0.4, 0.5) is 4.79 Å². The summed E-state index contributed by atoms with van der Waals surface area (Å²) in [6, 6.07) is 1.46. The van der Waals surface area contributed by atoms with Crippen LogP contribution in [-0.4, -0.2) is 23.4 Å². The van der Waals surface area contributed by atoms with E-state index in [-0.39, 0.29) is 6.04 Å². The summed E-state index contributed by atoms with van der Waals surface area (Å²) in [6.07, 6.45) is 0.738. The second-order valence-corrected chi connectivity index (χ2v) is 5.25. The molecule has 0 aliphatic carbocycles. The monoisotopic (exact) mass is 274 g/mol. The van der Waals surface area contributed by atoms with Crippen molar-refractivity contribution in [2.24, 2.45) is 0 Å². The molecule has 0 bridgehead atoms. The van der Waals surface area contributed by atoms with Crippen molar-refractivity contribution in [3.63, 3.8) is 0 Å². The van der Waals surface area contributed by atoms with Crippen molar-refractivity contribution in [2.45, 2.75) is 31.7 Å². The van der Waals surface area contributed by atoms with Gasteiger partial charge in [0.05, 0.1) is 0 Å². The van der Waals surface area contributed by atoms with Gasteiger partial charge in [0.25, 0.3) is 0 Å². The van der Waals surface area contributed by atoms with Crippen molar-refractivity contribution in [1.29, 1.82) is 0 Å². The van der Waals surface area contributed by atoms with Crippen molar-refractivity contribution >= 4 is 34.9 Å². The quantitative estimate of drug-likeness (QED) is 0.827. The smallest absolute Gasteiger partial charge is 0.321 e. The molecule has 0 aliphatic rings. The maximum absolute atomic E-state index is 11.4. The molecule has 94 valence electrons. The van der Waals surface area contributed by atoms with E-state index >= 15 is 0 Å². The Hall–Kier alpha value is -1.07. The number of carbonyl (C=O) groups is 2. The number of rotatable bonds is 4. The number of carbonyl (C=O) groups excluding carboxylic acids is 2. The highest BCUT2D eigenvalue weighted by Gasteiger charge is 2.14. The first-order chi connectivity index (χ1) is 7.99. The Morgan fingerprint density at radius 1 is 1.47 bits per heavy atom. The Bertz CT molecular complexity index is 379. The van der Waals surface area contributed by atoms with E-state index in [2.05, 4.69) is 10.6 Å². The van der Waals surface area contributed by atoms with Crippen LogP contribution in [0, 0.1) is 0 Å². The van der Waals surface area contributed by atoms with Crippen molar-refractivity contribution in [2.75, 3.05) is 0 Å². The molecule has 1 rings (SSSR count). The zero-order valence-electron chi connectivity index (χ0n) is 9.70. The zero-order chi connectivity index (χ0) is 12.8. The van der Waals surface area contributed by atoms with Gasteiger partial charge in [-0.25, -0.2) is 4.79 Å². The average molecular weight is 275 g/mol. The van der Waals surface area contributed by atoms with Gasteiger partial charge in [-0.15, -0.1) is 11.6 Å². The number of alkyl halides is 1. The third kappa shape index (κ3) is 5.19. The molecular weight excluding hydrogens is 260 g/mol. The molecule has 2 atom stereocenters. The number of hydrogen-bond donors (Lipinski definition) is 2. The highest BCUT2D eigenvalue weighted by atomic mass is 35.5. The van der Waals surface area contributed by atoms with Crippen LogP contribution >= 0.6 is 22.9 Å². The number of thiophene rings is 1. The van der Waals surface area contributed by atoms with Crippen LogP contribution in [0.5, 0.6) is 0 Å². The molecule has 0 saturated heterocycles. The summed E-state index contributed by atoms with van der Waals surface area (Å²) in [5.41, 5.74) is 1.17. The lowest BCUT2D eigenvalue weighted by Gasteiger charge is -2.13. The van der Waals surface area contributed by atoms with Crippen LogP contribution in [0.3, 0.4) is 0 Å². The normalized spacial score (nSPS) is 13.8. The van der Waals surface area contributed by atoms with Crippen LogP contribution < -0.4 is 10.6 Å². The van der Waals surface area contributed by atoms with Gasteiger partial charge in [0.2, 0.25) is 5.91 Å². The van der Waals surface area contributed by atoms with Crippen molar-refractivity contribution in [3.05, 3.63) is 22.4 Å². The van der Waals surface area contributed by atoms with Gasteiger partial charge in [-0.05, 0) is 42.7 Å². The van der Waals surface area contributed by atoms with Crippen LogP contribution in [0.2, 0.25) is 0 Å². The molecular formula is C11H15ClN2O2S. The minimum Gasteiger partial charge on any atom is -0.335 e. The first kappa shape index (κ1) is 14.0. The maximum atomic E-state index is 11.4. The molecule has 0 spiro atoms. The van der Waals surface area contributed by atoms with E-state index in [1.54, 1.807) is 11.3 Å². The standard InChI is InChI=1S/C11H15ClN2O2S/c1-7(5-9-3-4-17-6-9)13-11(16)14-10(15)8(2)12/h3-4,6-8H,5H2,1-2H3,(H2,13,14,15,16). The van der Waals surface area contributed by atoms with Gasteiger partial charge in [0, 0.05) is 6.04 Å². The number of imide groups is 1. The van der Waals surface area contributed by atoms with Crippen LogP contribution in [0.15, 0.2) is 16.8 Å². The number of hydrogen-bond acceptors (Lipinski definition) is 3. The lowest BCUT2D eigenvalue weighted by molar-refractivity contribution is -0.119. The summed E-state index contributed by atoms with van der Waals surface area (Å²) in [5.74, 6) is -0.494. The average Bonchev–Trinajstić information content (AvgIpc) is 2.69. The Morgan fingerprint density at radius 3 is 2.71 bits per heavy atom. The fraction of sp³-hybridized carbons (Fsp3) is 0.455. The van der Waals surface area contributed by atoms with E-state index < -0.39 is 17.3 Å². The van der Waals surface area contributed by atoms with E-state index in [0.717, 1.165) is 6.42 Å². The molecule has 1 heterocycles. The van der Waals surface area contributed by atoms with Crippen LogP contribution in [-0.2, 0) is 11.2 Å². The van der Waals surface area contributed by atoms with Crippen molar-refractivity contribution in [3.8, 4) is 0 Å². The molecule has 17 heavy (non-hydrogen) atoms. The number of urea groups is 1. The minimum absolute atomic E-state index is 0.0389. The summed E-state index contributed by atoms with van der Waals surface area (Å²) < 4.78 is 0. The first-order valence-electron chi connectivity index (χ1n) is 5.25. The minimum atomic E-state index is -0.715. The predicted molar refractivity (Wildman–Crippen MR) is 69.5 cm³/mol. The summed E-state index contributed by atoms with van der Waals surface area (Å²) in [6.45, 7) is 3.39. The number of halogens is 1. The lowest BCUT2D eigenvalue weighted by Crippen LogP contribution is -2.46. The SMILES string of the molecule is CC(Cc1ccsc1)NC(=O)NC(=O)C(C)Cl. The predicted octanol–water partition coefficient (Wildman–Crippen LogP) is 2.13. The molecule has 2 unspecified atom stereocenters. The highest BCUT2D eigenvalue weighted by Crippen LogP contribution is 2.08. The molecule has 6 heteroatoms. The molecule has 1 aromatic heterocycles. The van der Waals surface area contributed by atoms with E-state index in [0.29, 0.717) is 0 Å². The molecule has 4 nitrogen and oxygen atoms in total. The lowest BCUT2D eigenvalue weighted by atomic mass is 10.1. The van der Waals surface area contributed by atoms with Gasteiger partial charge >= 0.3 is 6.03 Å². The number of nitrogens with one attached hydrogen (secondary N) is 2. The van der Waals surface area contributed by atoms with Gasteiger partial charge in [0.1, 0.15) is 5.38 Å². The molecule has 1 aromatic rings. The summed E-state index contributed by atoms with van der Waals surface area (Å²) in [5, 5.41) is 8.15. The molecule has 3 amide bonds. The fourth-order valence-corrected chi connectivity index (χ4v) is 2.02. The topological polar surface area (TPSA) is 58.2 Å². The third-order valence-corrected chi connectivity index (χ3v) is 3.03. The van der Waals surface area contributed by atoms with Gasteiger partial charge in [-0.1, -0.05) is 0 Å². The Labute approximate surface area is 109 Å². The van der Waals surface area contributed by atoms with Gasteiger partial charge < -0.3 is 5.32 Å². The zero-order valence-corrected chi connectivity index (χ0v) is 11.3. The summed E-state index contributed by atoms with van der Waals surface area (Å²) >= 11 is 7.15. The van der Waals surface area contributed by atoms with Crippen LogP contribution in [0.25, 0.3) is 0 Å². The number of amides is 3. The molecule has 0 saturated carbocycles. The van der Waals surface area contributed by atoms with Crippen molar-refractivity contribution < 1.29 is 9.59 Å². The molecule has 2 N–H and O–H groups in total. The van der Waals surface area contributed by atoms with E-state index in [9.17, 15) is 9.59 Å². The van der Waals surface area contributed by atoms with E-state index in [1.807, 2.05) is 23.8 Å². The molecule has 0 radical (unpaired) electrons. The van der Waals surface area contributed by atoms with Gasteiger partial charge in [-0.3, -0.25) is 10.1 Å². The second-order valence-electron chi connectivity index (χ2n) is 3.82. The molecule has 0 aromatic carbocycles. The second kappa shape index (κ2) is 6.61. The molecule has 0 aliphatic heterocycles. The Morgan fingerprint density at radius 2 is 2.18 bits per heavy atom. The highest BCUT2D eigenvalue weighted by molar-refractivity contribution is 7.07. The van der Waals surface area contributed by atoms with Crippen LogP contribution in [0.1, 0.15) is 19.4 Å². The van der Waals surface area contributed by atoms with E-state index in [1.165, 1.54) is 12.5 Å². The van der Waals surface area contributed by atoms with E-state index in [4.69, 9.17) is 11.6 Å².